The van der Waals surface area contributed by atoms with Crippen LogP contribution in [0, 0.1) is 0 Å². The number of hydrogen-bond acceptors (Lipinski definition) is 3. The SMILES string of the molecule is CC(NCCCCl)OCCO. The van der Waals surface area contributed by atoms with Crippen LogP contribution < -0.4 is 5.32 Å². The summed E-state index contributed by atoms with van der Waals surface area (Å²) >= 11 is 5.47. The molecule has 11 heavy (non-hydrogen) atoms. The normalized spacial score (nSPS) is 13.4. The molecule has 1 atom stereocenters. The molecule has 0 rings (SSSR count). The van der Waals surface area contributed by atoms with Crippen LogP contribution >= 0.6 is 11.6 Å². The van der Waals surface area contributed by atoms with Crippen molar-refractivity contribution in [2.75, 3.05) is 25.6 Å². The van der Waals surface area contributed by atoms with Gasteiger partial charge in [-0.1, -0.05) is 0 Å². The van der Waals surface area contributed by atoms with Crippen molar-refractivity contribution in [2.24, 2.45) is 0 Å². The van der Waals surface area contributed by atoms with Crippen molar-refractivity contribution in [3.8, 4) is 0 Å². The number of nitrogens with one attached hydrogen (secondary N) is 1. The highest BCUT2D eigenvalue weighted by molar-refractivity contribution is 6.17. The molecule has 0 aromatic heterocycles. The Morgan fingerprint density at radius 2 is 2.36 bits per heavy atom. The summed E-state index contributed by atoms with van der Waals surface area (Å²) in [6, 6.07) is 0. The first-order chi connectivity index (χ1) is 5.31. The molecule has 0 heterocycles. The number of alkyl halides is 1. The van der Waals surface area contributed by atoms with Crippen molar-refractivity contribution in [2.45, 2.75) is 19.6 Å². The Labute approximate surface area is 72.7 Å². The Morgan fingerprint density at radius 1 is 1.64 bits per heavy atom. The number of rotatable bonds is 7. The third-order valence-corrected chi connectivity index (χ3v) is 1.47. The van der Waals surface area contributed by atoms with Gasteiger partial charge < -0.3 is 9.84 Å². The van der Waals surface area contributed by atoms with E-state index in [9.17, 15) is 0 Å². The van der Waals surface area contributed by atoms with E-state index >= 15 is 0 Å². The maximum atomic E-state index is 8.41. The summed E-state index contributed by atoms with van der Waals surface area (Å²) < 4.78 is 5.13. The maximum absolute atomic E-state index is 8.41. The molecule has 0 aromatic carbocycles. The molecule has 4 heteroatoms. The van der Waals surface area contributed by atoms with Crippen LogP contribution in [-0.4, -0.2) is 37.0 Å². The van der Waals surface area contributed by atoms with Gasteiger partial charge in [0.25, 0.3) is 0 Å². The molecule has 68 valence electrons. The first kappa shape index (κ1) is 11.2. The van der Waals surface area contributed by atoms with Crippen molar-refractivity contribution in [3.05, 3.63) is 0 Å². The zero-order valence-corrected chi connectivity index (χ0v) is 7.60. The molecule has 0 spiro atoms. The fourth-order valence-corrected chi connectivity index (χ4v) is 0.794. The minimum absolute atomic E-state index is 0.00497. The Hall–Kier alpha value is 0.170. The highest BCUT2D eigenvalue weighted by Gasteiger charge is 1.97. The second-order valence-corrected chi connectivity index (χ2v) is 2.61. The molecule has 0 bridgehead atoms. The van der Waals surface area contributed by atoms with Crippen LogP contribution in [0.2, 0.25) is 0 Å². The second kappa shape index (κ2) is 8.27. The van der Waals surface area contributed by atoms with E-state index in [0.29, 0.717) is 12.5 Å². The van der Waals surface area contributed by atoms with E-state index in [1.165, 1.54) is 0 Å². The van der Waals surface area contributed by atoms with Gasteiger partial charge in [-0.25, -0.2) is 0 Å². The lowest BCUT2D eigenvalue weighted by Gasteiger charge is -2.13. The fraction of sp³-hybridized carbons (Fsp3) is 1.00. The molecule has 0 aliphatic heterocycles. The first-order valence-corrected chi connectivity index (χ1v) is 4.36. The van der Waals surface area contributed by atoms with E-state index in [0.717, 1.165) is 13.0 Å². The van der Waals surface area contributed by atoms with Crippen LogP contribution in [0.4, 0.5) is 0 Å². The van der Waals surface area contributed by atoms with Gasteiger partial charge in [0.05, 0.1) is 13.2 Å². The van der Waals surface area contributed by atoms with E-state index in [-0.39, 0.29) is 12.8 Å². The number of aliphatic hydroxyl groups excluding tert-OH is 1. The summed E-state index contributed by atoms with van der Waals surface area (Å²) in [6.07, 6.45) is 0.944. The third-order valence-electron chi connectivity index (χ3n) is 1.20. The van der Waals surface area contributed by atoms with Crippen molar-refractivity contribution >= 4 is 11.6 Å². The van der Waals surface area contributed by atoms with Gasteiger partial charge >= 0.3 is 0 Å². The monoisotopic (exact) mass is 181 g/mol. The highest BCUT2D eigenvalue weighted by atomic mass is 35.5. The molecular formula is C7H16ClNO2. The zero-order chi connectivity index (χ0) is 8.53. The smallest absolute Gasteiger partial charge is 0.105 e. The summed E-state index contributed by atoms with van der Waals surface area (Å²) in [7, 11) is 0. The predicted octanol–water partition coefficient (Wildman–Crippen LogP) is 0.560. The molecular weight excluding hydrogens is 166 g/mol. The number of aliphatic hydroxyl groups is 1. The number of ether oxygens (including phenoxy) is 1. The molecule has 0 aliphatic carbocycles. The summed E-state index contributed by atoms with van der Waals surface area (Å²) in [4.78, 5) is 0. The maximum Gasteiger partial charge on any atom is 0.105 e. The average molecular weight is 182 g/mol. The lowest BCUT2D eigenvalue weighted by molar-refractivity contribution is 0.0206. The van der Waals surface area contributed by atoms with Gasteiger partial charge in [-0.2, -0.15) is 0 Å². The third kappa shape index (κ3) is 8.07. The van der Waals surface area contributed by atoms with E-state index in [4.69, 9.17) is 21.4 Å². The molecule has 0 saturated carbocycles. The highest BCUT2D eigenvalue weighted by Crippen LogP contribution is 1.87. The Morgan fingerprint density at radius 3 is 2.91 bits per heavy atom. The molecule has 0 radical (unpaired) electrons. The van der Waals surface area contributed by atoms with Crippen LogP contribution in [0.15, 0.2) is 0 Å². The van der Waals surface area contributed by atoms with Crippen LogP contribution in [0.3, 0.4) is 0 Å². The van der Waals surface area contributed by atoms with E-state index in [2.05, 4.69) is 5.32 Å². The van der Waals surface area contributed by atoms with Crippen molar-refractivity contribution in [1.82, 2.24) is 5.32 Å². The van der Waals surface area contributed by atoms with Crippen LogP contribution in [0.25, 0.3) is 0 Å². The zero-order valence-electron chi connectivity index (χ0n) is 6.85. The van der Waals surface area contributed by atoms with Gasteiger partial charge in [0.1, 0.15) is 6.23 Å². The Balaban J connectivity index is 3.02. The standard InChI is InChI=1S/C7H16ClNO2/c1-7(11-6-5-10)9-4-2-3-8/h7,9-10H,2-6H2,1H3. The molecule has 0 saturated heterocycles. The van der Waals surface area contributed by atoms with Crippen LogP contribution in [0.1, 0.15) is 13.3 Å². The average Bonchev–Trinajstić information content (AvgIpc) is 2.01. The lowest BCUT2D eigenvalue weighted by Crippen LogP contribution is -2.30. The van der Waals surface area contributed by atoms with Crippen molar-refractivity contribution in [1.29, 1.82) is 0 Å². The largest absolute Gasteiger partial charge is 0.394 e. The molecule has 0 aromatic rings. The summed E-state index contributed by atoms with van der Waals surface area (Å²) in [5.41, 5.74) is 0. The van der Waals surface area contributed by atoms with Crippen molar-refractivity contribution in [3.63, 3.8) is 0 Å². The number of hydrogen-bond donors (Lipinski definition) is 2. The van der Waals surface area contributed by atoms with Gasteiger partial charge in [-0.15, -0.1) is 11.6 Å². The summed E-state index contributed by atoms with van der Waals surface area (Å²) in [6.45, 7) is 3.22. The minimum atomic E-state index is 0.00497. The van der Waals surface area contributed by atoms with Gasteiger partial charge in [0.2, 0.25) is 0 Å². The van der Waals surface area contributed by atoms with Crippen LogP contribution in [-0.2, 0) is 4.74 Å². The first-order valence-electron chi connectivity index (χ1n) is 3.83. The summed E-state index contributed by atoms with van der Waals surface area (Å²) in [5, 5.41) is 11.5. The van der Waals surface area contributed by atoms with E-state index in [1.54, 1.807) is 0 Å². The van der Waals surface area contributed by atoms with E-state index in [1.807, 2.05) is 6.92 Å². The van der Waals surface area contributed by atoms with E-state index < -0.39 is 0 Å². The van der Waals surface area contributed by atoms with Gasteiger partial charge in [-0.3, -0.25) is 5.32 Å². The second-order valence-electron chi connectivity index (χ2n) is 2.23. The van der Waals surface area contributed by atoms with Gasteiger partial charge in [-0.05, 0) is 19.9 Å². The molecule has 0 fully saturated rings. The molecule has 0 aliphatic rings. The lowest BCUT2D eigenvalue weighted by atomic mass is 10.4. The van der Waals surface area contributed by atoms with Crippen molar-refractivity contribution < 1.29 is 9.84 Å². The Bertz CT molecular complexity index is 82.8. The molecule has 3 nitrogen and oxygen atoms in total. The molecule has 0 amide bonds. The van der Waals surface area contributed by atoms with Crippen LogP contribution in [0.5, 0.6) is 0 Å². The molecule has 2 N–H and O–H groups in total. The fourth-order valence-electron chi connectivity index (χ4n) is 0.661. The Kier molecular flexibility index (Phi) is 8.40. The topological polar surface area (TPSA) is 41.5 Å². The quantitative estimate of drug-likeness (QED) is 0.343. The minimum Gasteiger partial charge on any atom is -0.394 e. The number of halogens is 1. The predicted molar refractivity (Wildman–Crippen MR) is 45.8 cm³/mol. The molecule has 1 unspecified atom stereocenters. The van der Waals surface area contributed by atoms with Gasteiger partial charge in [0.15, 0.2) is 0 Å². The van der Waals surface area contributed by atoms with Gasteiger partial charge in [0, 0.05) is 5.88 Å². The summed E-state index contributed by atoms with van der Waals surface area (Å²) in [5.74, 6) is 0.666.